The minimum atomic E-state index is -0.341. The lowest BCUT2D eigenvalue weighted by atomic mass is 10.0. The summed E-state index contributed by atoms with van der Waals surface area (Å²) < 4.78 is 11.1. The average Bonchev–Trinajstić information content (AvgIpc) is 3.27. The third-order valence-electron chi connectivity index (χ3n) is 6.01. The van der Waals surface area contributed by atoms with Crippen LogP contribution in [0.4, 0.5) is 11.4 Å². The Morgan fingerprint density at radius 3 is 2.37 bits per heavy atom. The molecular weight excluding hydrogens is 380 g/mol. The summed E-state index contributed by atoms with van der Waals surface area (Å²) in [6.45, 7) is 4.12. The van der Waals surface area contributed by atoms with Crippen molar-refractivity contribution in [3.05, 3.63) is 48.0 Å². The van der Waals surface area contributed by atoms with Crippen LogP contribution in [0.15, 0.2) is 42.5 Å². The van der Waals surface area contributed by atoms with Crippen LogP contribution in [-0.2, 0) is 9.53 Å². The van der Waals surface area contributed by atoms with Crippen molar-refractivity contribution < 1.29 is 19.1 Å². The van der Waals surface area contributed by atoms with Crippen molar-refractivity contribution in [1.29, 1.82) is 0 Å². The summed E-state index contributed by atoms with van der Waals surface area (Å²) >= 11 is 0. The second kappa shape index (κ2) is 8.38. The number of rotatable bonds is 5. The number of amides is 1. The first-order chi connectivity index (χ1) is 14.5. The van der Waals surface area contributed by atoms with Crippen molar-refractivity contribution in [3.8, 4) is 11.5 Å². The number of hydrogen-bond acceptors (Lipinski definition) is 5. The molecule has 0 bridgehead atoms. The molecule has 0 spiro atoms. The number of likely N-dealkylation sites (N-methyl/N-ethyl adjacent to an activating group) is 1. The van der Waals surface area contributed by atoms with E-state index in [9.17, 15) is 9.59 Å². The minimum Gasteiger partial charge on any atom is -0.462 e. The fourth-order valence-electron chi connectivity index (χ4n) is 4.49. The summed E-state index contributed by atoms with van der Waals surface area (Å²) in [6.07, 6.45) is 4.63. The highest BCUT2D eigenvalue weighted by molar-refractivity contribution is 6.05. The lowest BCUT2D eigenvalue weighted by Gasteiger charge is -2.43. The Balaban J connectivity index is 1.61. The number of hydrogen-bond donors (Lipinski definition) is 0. The first-order valence-electron chi connectivity index (χ1n) is 10.6. The molecule has 0 N–H and O–H groups in total. The summed E-state index contributed by atoms with van der Waals surface area (Å²) in [5, 5.41) is 0. The second-order valence-corrected chi connectivity index (χ2v) is 7.92. The van der Waals surface area contributed by atoms with Crippen LogP contribution in [0.1, 0.15) is 49.9 Å². The molecule has 1 atom stereocenters. The number of ether oxygens (including phenoxy) is 2. The number of fused-ring (bicyclic) bond motifs is 1. The molecule has 1 heterocycles. The van der Waals surface area contributed by atoms with Crippen LogP contribution in [0, 0.1) is 0 Å². The van der Waals surface area contributed by atoms with E-state index in [1.807, 2.05) is 32.2 Å². The molecule has 4 rings (SSSR count). The molecule has 1 aliphatic carbocycles. The van der Waals surface area contributed by atoms with Crippen LogP contribution in [0.25, 0.3) is 0 Å². The van der Waals surface area contributed by atoms with Gasteiger partial charge in [0.15, 0.2) is 0 Å². The molecule has 2 aromatic rings. The standard InChI is InChI=1S/C24H28N2O4/c1-4-29-24(28)17-9-11-19(12-10-17)30-20-13-14-21-22(15-20)26(18-7-5-6-8-18)16(2)23(27)25(21)3/h9-16,18H,4-8H2,1-3H3/t16-/m1/s1. The Hall–Kier alpha value is -3.02. The largest absolute Gasteiger partial charge is 0.462 e. The van der Waals surface area contributed by atoms with Crippen molar-refractivity contribution in [1.82, 2.24) is 0 Å². The predicted octanol–water partition coefficient (Wildman–Crippen LogP) is 4.77. The van der Waals surface area contributed by atoms with Gasteiger partial charge in [0, 0.05) is 19.2 Å². The third-order valence-corrected chi connectivity index (χ3v) is 6.01. The molecular formula is C24H28N2O4. The van der Waals surface area contributed by atoms with Gasteiger partial charge in [0.05, 0.1) is 23.5 Å². The van der Waals surface area contributed by atoms with Gasteiger partial charge in [-0.2, -0.15) is 0 Å². The van der Waals surface area contributed by atoms with E-state index < -0.39 is 0 Å². The van der Waals surface area contributed by atoms with Gasteiger partial charge >= 0.3 is 5.97 Å². The highest BCUT2D eigenvalue weighted by Gasteiger charge is 2.38. The molecule has 1 saturated carbocycles. The Morgan fingerprint density at radius 1 is 1.03 bits per heavy atom. The highest BCUT2D eigenvalue weighted by atomic mass is 16.5. The third kappa shape index (κ3) is 3.74. The van der Waals surface area contributed by atoms with Crippen molar-refractivity contribution in [2.45, 2.75) is 51.6 Å². The van der Waals surface area contributed by atoms with Gasteiger partial charge < -0.3 is 19.3 Å². The van der Waals surface area contributed by atoms with Gasteiger partial charge in [-0.15, -0.1) is 0 Å². The zero-order chi connectivity index (χ0) is 21.3. The molecule has 6 heteroatoms. The number of esters is 1. The van der Waals surface area contributed by atoms with E-state index in [2.05, 4.69) is 4.90 Å². The lowest BCUT2D eigenvalue weighted by molar-refractivity contribution is -0.119. The van der Waals surface area contributed by atoms with Gasteiger partial charge in [-0.05, 0) is 63.1 Å². The predicted molar refractivity (Wildman–Crippen MR) is 117 cm³/mol. The van der Waals surface area contributed by atoms with E-state index in [1.54, 1.807) is 36.1 Å². The number of carbonyl (C=O) groups is 2. The summed E-state index contributed by atoms with van der Waals surface area (Å²) in [5.74, 6) is 1.13. The molecule has 0 radical (unpaired) electrons. The summed E-state index contributed by atoms with van der Waals surface area (Å²) in [4.78, 5) is 28.6. The fourth-order valence-corrected chi connectivity index (χ4v) is 4.49. The SMILES string of the molecule is CCOC(=O)c1ccc(Oc2ccc3c(c2)N(C2CCCC2)[C@H](C)C(=O)N3C)cc1. The van der Waals surface area contributed by atoms with Gasteiger partial charge in [0.1, 0.15) is 17.5 Å². The van der Waals surface area contributed by atoms with Crippen LogP contribution < -0.4 is 14.5 Å². The number of carbonyl (C=O) groups excluding carboxylic acids is 2. The zero-order valence-corrected chi connectivity index (χ0v) is 17.8. The maximum atomic E-state index is 12.8. The lowest BCUT2D eigenvalue weighted by Crippen LogP contribution is -2.54. The van der Waals surface area contributed by atoms with Crippen LogP contribution in [-0.4, -0.2) is 37.6 Å². The quantitative estimate of drug-likeness (QED) is 0.667. The molecule has 1 fully saturated rings. The van der Waals surface area contributed by atoms with E-state index >= 15 is 0 Å². The zero-order valence-electron chi connectivity index (χ0n) is 17.8. The van der Waals surface area contributed by atoms with E-state index in [4.69, 9.17) is 9.47 Å². The molecule has 158 valence electrons. The Labute approximate surface area is 177 Å². The van der Waals surface area contributed by atoms with Crippen molar-refractivity contribution in [2.75, 3.05) is 23.5 Å². The summed E-state index contributed by atoms with van der Waals surface area (Å²) in [5.41, 5.74) is 2.45. The molecule has 1 amide bonds. The topological polar surface area (TPSA) is 59.1 Å². The van der Waals surface area contributed by atoms with E-state index in [1.165, 1.54) is 12.8 Å². The Kier molecular flexibility index (Phi) is 5.66. The smallest absolute Gasteiger partial charge is 0.338 e. The van der Waals surface area contributed by atoms with Crippen molar-refractivity contribution in [2.24, 2.45) is 0 Å². The molecule has 6 nitrogen and oxygen atoms in total. The van der Waals surface area contributed by atoms with Crippen molar-refractivity contribution in [3.63, 3.8) is 0 Å². The van der Waals surface area contributed by atoms with Crippen LogP contribution >= 0.6 is 0 Å². The van der Waals surface area contributed by atoms with Crippen LogP contribution in [0.5, 0.6) is 11.5 Å². The molecule has 30 heavy (non-hydrogen) atoms. The highest BCUT2D eigenvalue weighted by Crippen LogP contribution is 2.42. The normalized spacial score (nSPS) is 19.0. The Bertz CT molecular complexity index is 935. The molecule has 2 aromatic carbocycles. The van der Waals surface area contributed by atoms with Gasteiger partial charge in [-0.25, -0.2) is 4.79 Å². The minimum absolute atomic E-state index is 0.123. The fraction of sp³-hybridized carbons (Fsp3) is 0.417. The molecule has 0 unspecified atom stereocenters. The number of anilines is 2. The van der Waals surface area contributed by atoms with Gasteiger partial charge in [-0.1, -0.05) is 12.8 Å². The van der Waals surface area contributed by atoms with Gasteiger partial charge in [0.25, 0.3) is 0 Å². The first kappa shape index (κ1) is 20.3. The molecule has 2 aliphatic rings. The number of nitrogens with zero attached hydrogens (tertiary/aromatic N) is 2. The van der Waals surface area contributed by atoms with E-state index in [0.717, 1.165) is 24.2 Å². The molecule has 1 aliphatic heterocycles. The maximum Gasteiger partial charge on any atom is 0.338 e. The first-order valence-corrected chi connectivity index (χ1v) is 10.6. The molecule has 0 saturated heterocycles. The average molecular weight is 408 g/mol. The van der Waals surface area contributed by atoms with Crippen LogP contribution in [0.2, 0.25) is 0 Å². The van der Waals surface area contributed by atoms with Crippen molar-refractivity contribution >= 4 is 23.3 Å². The van der Waals surface area contributed by atoms with E-state index in [0.29, 0.717) is 29.7 Å². The second-order valence-electron chi connectivity index (χ2n) is 7.92. The monoisotopic (exact) mass is 408 g/mol. The summed E-state index contributed by atoms with van der Waals surface area (Å²) in [7, 11) is 1.83. The number of benzene rings is 2. The Morgan fingerprint density at radius 2 is 1.70 bits per heavy atom. The van der Waals surface area contributed by atoms with Gasteiger partial charge in [0.2, 0.25) is 5.91 Å². The maximum absolute atomic E-state index is 12.8. The van der Waals surface area contributed by atoms with E-state index in [-0.39, 0.29) is 17.9 Å². The van der Waals surface area contributed by atoms with Crippen LogP contribution in [0.3, 0.4) is 0 Å². The molecule has 0 aromatic heterocycles. The van der Waals surface area contributed by atoms with Gasteiger partial charge in [-0.3, -0.25) is 4.79 Å². The summed E-state index contributed by atoms with van der Waals surface area (Å²) in [6, 6.07) is 13.0.